The van der Waals surface area contributed by atoms with E-state index >= 15 is 0 Å². The molecule has 0 spiro atoms. The number of benzene rings is 1. The molecule has 0 saturated carbocycles. The first-order valence-corrected chi connectivity index (χ1v) is 7.26. The molecular formula is C11H10F6N2O3S. The first kappa shape index (κ1) is 19.4. The highest BCUT2D eigenvalue weighted by Crippen LogP contribution is 2.37. The van der Waals surface area contributed by atoms with Crippen LogP contribution in [0.25, 0.3) is 0 Å². The summed E-state index contributed by atoms with van der Waals surface area (Å²) in [5, 5.41) is 0. The van der Waals surface area contributed by atoms with Crippen LogP contribution in [0.15, 0.2) is 23.1 Å². The average molecular weight is 364 g/mol. The molecule has 3 N–H and O–H groups in total. The molecule has 0 aliphatic rings. The molecule has 1 rings (SSSR count). The van der Waals surface area contributed by atoms with Gasteiger partial charge in [-0.15, -0.1) is 0 Å². The Morgan fingerprint density at radius 2 is 1.48 bits per heavy atom. The first-order valence-electron chi connectivity index (χ1n) is 5.78. The zero-order chi connectivity index (χ0) is 18.1. The summed E-state index contributed by atoms with van der Waals surface area (Å²) in [7, 11) is -4.81. The van der Waals surface area contributed by atoms with Crippen molar-refractivity contribution in [2.75, 3.05) is 6.54 Å². The van der Waals surface area contributed by atoms with Gasteiger partial charge in [0.15, 0.2) is 0 Å². The highest BCUT2D eigenvalue weighted by Gasteiger charge is 2.38. The quantitative estimate of drug-likeness (QED) is 0.613. The van der Waals surface area contributed by atoms with Gasteiger partial charge in [-0.1, -0.05) is 0 Å². The fraction of sp³-hybridized carbons (Fsp3) is 0.364. The van der Waals surface area contributed by atoms with Crippen LogP contribution in [-0.2, 0) is 27.2 Å². The second kappa shape index (κ2) is 6.45. The standard InChI is InChI=1S/C11H10F6N2O3S/c12-10(13,14)6-1-7(11(15,16)17)3-9(2-6)23(21,22)19-8(4-18)5-20/h1-3,5,8,19H,4,18H2. The molecule has 0 aliphatic carbocycles. The second-order valence-corrected chi connectivity index (χ2v) is 6.06. The third-order valence-corrected chi connectivity index (χ3v) is 4.07. The van der Waals surface area contributed by atoms with Gasteiger partial charge in [-0.05, 0) is 18.2 Å². The SMILES string of the molecule is NCC(C=O)NS(=O)(=O)c1cc(C(F)(F)F)cc(C(F)(F)F)c1. The lowest BCUT2D eigenvalue weighted by Gasteiger charge is -2.16. The minimum atomic E-state index is -5.19. The molecule has 0 bridgehead atoms. The molecular weight excluding hydrogens is 354 g/mol. The smallest absolute Gasteiger partial charge is 0.328 e. The molecule has 0 amide bonds. The van der Waals surface area contributed by atoms with E-state index in [2.05, 4.69) is 0 Å². The van der Waals surface area contributed by atoms with Crippen molar-refractivity contribution >= 4 is 16.3 Å². The van der Waals surface area contributed by atoms with Crippen molar-refractivity contribution in [1.82, 2.24) is 4.72 Å². The summed E-state index contributed by atoms with van der Waals surface area (Å²) in [6.07, 6.45) is -10.3. The van der Waals surface area contributed by atoms with Gasteiger partial charge >= 0.3 is 12.4 Å². The molecule has 0 heterocycles. The number of sulfonamides is 1. The summed E-state index contributed by atoms with van der Waals surface area (Å²) in [6, 6.07) is -1.62. The van der Waals surface area contributed by atoms with Crippen molar-refractivity contribution in [1.29, 1.82) is 0 Å². The number of alkyl halides is 6. The molecule has 0 fully saturated rings. The molecule has 0 aromatic heterocycles. The van der Waals surface area contributed by atoms with Gasteiger partial charge in [-0.3, -0.25) is 0 Å². The number of aldehydes is 1. The van der Waals surface area contributed by atoms with E-state index < -0.39 is 51.0 Å². The van der Waals surface area contributed by atoms with Gasteiger partial charge in [0.05, 0.1) is 22.1 Å². The van der Waals surface area contributed by atoms with E-state index in [1.54, 1.807) is 4.72 Å². The van der Waals surface area contributed by atoms with Crippen molar-refractivity contribution < 1.29 is 39.6 Å². The molecule has 1 aromatic rings. The van der Waals surface area contributed by atoms with Crippen LogP contribution in [0.2, 0.25) is 0 Å². The predicted molar refractivity (Wildman–Crippen MR) is 65.7 cm³/mol. The second-order valence-electron chi connectivity index (χ2n) is 4.34. The molecule has 0 saturated heterocycles. The van der Waals surface area contributed by atoms with Gasteiger partial charge < -0.3 is 10.5 Å². The highest BCUT2D eigenvalue weighted by atomic mass is 32.2. The lowest BCUT2D eigenvalue weighted by molar-refractivity contribution is -0.143. The predicted octanol–water partition coefficient (Wildman–Crippen LogP) is 1.53. The molecule has 12 heteroatoms. The van der Waals surface area contributed by atoms with E-state index in [1.165, 1.54) is 0 Å². The maximum atomic E-state index is 12.7. The topological polar surface area (TPSA) is 89.3 Å². The van der Waals surface area contributed by atoms with E-state index in [-0.39, 0.29) is 24.5 Å². The summed E-state index contributed by atoms with van der Waals surface area (Å²) < 4.78 is 101. The number of hydrogen-bond acceptors (Lipinski definition) is 4. The van der Waals surface area contributed by atoms with Crippen LogP contribution in [-0.4, -0.2) is 27.3 Å². The Balaban J connectivity index is 3.49. The number of nitrogens with one attached hydrogen (secondary N) is 1. The fourth-order valence-electron chi connectivity index (χ4n) is 1.48. The van der Waals surface area contributed by atoms with E-state index in [9.17, 15) is 39.6 Å². The van der Waals surface area contributed by atoms with Gasteiger partial charge in [0.2, 0.25) is 10.0 Å². The zero-order valence-corrected chi connectivity index (χ0v) is 11.9. The van der Waals surface area contributed by atoms with Gasteiger partial charge in [0.25, 0.3) is 0 Å². The molecule has 1 atom stereocenters. The maximum absolute atomic E-state index is 12.7. The van der Waals surface area contributed by atoms with Crippen LogP contribution in [0, 0.1) is 0 Å². The average Bonchev–Trinajstić information content (AvgIpc) is 2.42. The minimum absolute atomic E-state index is 0.0377. The van der Waals surface area contributed by atoms with Crippen LogP contribution in [0.1, 0.15) is 11.1 Å². The van der Waals surface area contributed by atoms with Crippen LogP contribution in [0.4, 0.5) is 26.3 Å². The fourth-order valence-corrected chi connectivity index (χ4v) is 2.73. The summed E-state index contributed by atoms with van der Waals surface area (Å²) in [5.74, 6) is 0. The lowest BCUT2D eigenvalue weighted by atomic mass is 10.1. The first-order chi connectivity index (χ1) is 10.3. The summed E-state index contributed by atoms with van der Waals surface area (Å²) in [4.78, 5) is 9.25. The van der Waals surface area contributed by atoms with Crippen LogP contribution in [0.5, 0.6) is 0 Å². The molecule has 23 heavy (non-hydrogen) atoms. The Morgan fingerprint density at radius 1 is 1.04 bits per heavy atom. The van der Waals surface area contributed by atoms with Crippen LogP contribution < -0.4 is 10.5 Å². The Hall–Kier alpha value is -1.66. The molecule has 0 aliphatic heterocycles. The van der Waals surface area contributed by atoms with Crippen molar-refractivity contribution in [3.8, 4) is 0 Å². The third-order valence-electron chi connectivity index (χ3n) is 2.60. The van der Waals surface area contributed by atoms with Gasteiger partial charge in [0.1, 0.15) is 6.29 Å². The third kappa shape index (κ3) is 4.91. The van der Waals surface area contributed by atoms with Crippen molar-refractivity contribution in [2.24, 2.45) is 5.73 Å². The van der Waals surface area contributed by atoms with Gasteiger partial charge in [-0.25, -0.2) is 8.42 Å². The number of hydrogen-bond donors (Lipinski definition) is 2. The normalized spacial score (nSPS) is 14.6. The van der Waals surface area contributed by atoms with E-state index in [0.717, 1.165) is 0 Å². The zero-order valence-electron chi connectivity index (χ0n) is 11.1. The summed E-state index contributed by atoms with van der Waals surface area (Å²) >= 11 is 0. The molecule has 1 unspecified atom stereocenters. The Bertz CT molecular complexity index is 652. The van der Waals surface area contributed by atoms with Crippen LogP contribution >= 0.6 is 0 Å². The largest absolute Gasteiger partial charge is 0.416 e. The van der Waals surface area contributed by atoms with Crippen molar-refractivity contribution in [3.05, 3.63) is 29.3 Å². The van der Waals surface area contributed by atoms with Crippen LogP contribution in [0.3, 0.4) is 0 Å². The summed E-state index contributed by atoms with van der Waals surface area (Å²) in [6.45, 7) is -0.520. The number of halogens is 6. The van der Waals surface area contributed by atoms with E-state index in [4.69, 9.17) is 5.73 Å². The number of rotatable bonds is 5. The molecule has 0 radical (unpaired) electrons. The number of carbonyl (C=O) groups is 1. The summed E-state index contributed by atoms with van der Waals surface area (Å²) in [5.41, 5.74) is 1.47. The van der Waals surface area contributed by atoms with E-state index in [0.29, 0.717) is 0 Å². The Morgan fingerprint density at radius 3 is 1.78 bits per heavy atom. The number of carbonyl (C=O) groups excluding carboxylic acids is 1. The van der Waals surface area contributed by atoms with E-state index in [1.807, 2.05) is 0 Å². The van der Waals surface area contributed by atoms with Crippen molar-refractivity contribution in [2.45, 2.75) is 23.3 Å². The monoisotopic (exact) mass is 364 g/mol. The minimum Gasteiger partial charge on any atom is -0.328 e. The maximum Gasteiger partial charge on any atom is 0.416 e. The van der Waals surface area contributed by atoms with Gasteiger partial charge in [0, 0.05) is 6.54 Å². The van der Waals surface area contributed by atoms with Gasteiger partial charge in [-0.2, -0.15) is 31.1 Å². The number of nitrogens with two attached hydrogens (primary N) is 1. The molecule has 5 nitrogen and oxygen atoms in total. The van der Waals surface area contributed by atoms with Crippen molar-refractivity contribution in [3.63, 3.8) is 0 Å². The molecule has 130 valence electrons. The Kier molecular flexibility index (Phi) is 5.44. The highest BCUT2D eigenvalue weighted by molar-refractivity contribution is 7.89. The molecule has 1 aromatic carbocycles. The lowest BCUT2D eigenvalue weighted by Crippen LogP contribution is -2.41. The Labute approximate surface area is 126 Å².